The number of para-hydroxylation sites is 1. The molecule has 5 rings (SSSR count). The molecule has 1 aliphatic rings. The molecule has 0 bridgehead atoms. The first-order valence-corrected chi connectivity index (χ1v) is 11.0. The fraction of sp³-hybridized carbons (Fsp3) is 0.286. The van der Waals surface area contributed by atoms with Crippen LogP contribution in [-0.2, 0) is 18.6 Å². The number of H-pyrrole nitrogens is 1. The second-order valence-corrected chi connectivity index (χ2v) is 9.25. The quantitative estimate of drug-likeness (QED) is 0.395. The maximum atomic E-state index is 12.0. The molecule has 1 aliphatic carbocycles. The molecule has 3 aromatic heterocycles. The zero-order valence-corrected chi connectivity index (χ0v) is 16.6. The van der Waals surface area contributed by atoms with Crippen molar-refractivity contribution in [3.05, 3.63) is 63.0 Å². The van der Waals surface area contributed by atoms with E-state index in [1.54, 1.807) is 24.2 Å². The zero-order chi connectivity index (χ0) is 18.4. The molecule has 0 amide bonds. The Labute approximate surface area is 165 Å². The van der Waals surface area contributed by atoms with Gasteiger partial charge in [-0.3, -0.25) is 4.79 Å². The Morgan fingerprint density at radius 3 is 3.11 bits per heavy atom. The summed E-state index contributed by atoms with van der Waals surface area (Å²) in [6, 6.07) is 9.67. The Morgan fingerprint density at radius 1 is 1.30 bits per heavy atom. The third-order valence-electron chi connectivity index (χ3n) is 5.26. The molecule has 0 aliphatic heterocycles. The van der Waals surface area contributed by atoms with E-state index in [2.05, 4.69) is 27.9 Å². The predicted molar refractivity (Wildman–Crippen MR) is 113 cm³/mol. The van der Waals surface area contributed by atoms with Crippen LogP contribution in [0, 0.1) is 5.92 Å². The van der Waals surface area contributed by atoms with E-state index >= 15 is 0 Å². The van der Waals surface area contributed by atoms with E-state index in [0.717, 1.165) is 50.8 Å². The Hall–Kier alpha value is -2.18. The molecule has 0 saturated heterocycles. The van der Waals surface area contributed by atoms with Gasteiger partial charge in [0.15, 0.2) is 0 Å². The number of nitrogens with zero attached hydrogens (tertiary/aromatic N) is 2. The number of rotatable bonds is 3. The van der Waals surface area contributed by atoms with Gasteiger partial charge in [0.2, 0.25) is 5.56 Å². The molecule has 1 N–H and O–H groups in total. The van der Waals surface area contributed by atoms with Crippen molar-refractivity contribution in [3.63, 3.8) is 0 Å². The number of thiophene rings is 1. The minimum atomic E-state index is -0.0564. The zero-order valence-electron chi connectivity index (χ0n) is 15.0. The van der Waals surface area contributed by atoms with Gasteiger partial charge in [-0.1, -0.05) is 25.1 Å². The molecule has 1 atom stereocenters. The van der Waals surface area contributed by atoms with Crippen molar-refractivity contribution in [2.24, 2.45) is 5.92 Å². The molecule has 0 fully saturated rings. The number of aromatic amines is 1. The van der Waals surface area contributed by atoms with Gasteiger partial charge in [0.1, 0.15) is 16.2 Å². The normalized spacial score (nSPS) is 16.7. The van der Waals surface area contributed by atoms with Crippen LogP contribution in [0.5, 0.6) is 0 Å². The first kappa shape index (κ1) is 17.0. The maximum Gasteiger partial charge on any atom is 0.248 e. The molecule has 27 heavy (non-hydrogen) atoms. The van der Waals surface area contributed by atoms with E-state index in [0.29, 0.717) is 0 Å². The summed E-state index contributed by atoms with van der Waals surface area (Å²) in [5.41, 5.74) is 3.32. The predicted octanol–water partition coefficient (Wildman–Crippen LogP) is 4.95. The van der Waals surface area contributed by atoms with E-state index in [4.69, 9.17) is 0 Å². The molecule has 0 unspecified atom stereocenters. The second-order valence-electron chi connectivity index (χ2n) is 7.20. The molecular weight excluding hydrogens is 374 g/mol. The number of pyridine rings is 1. The highest BCUT2D eigenvalue weighted by atomic mass is 32.2. The molecule has 136 valence electrons. The highest BCUT2D eigenvalue weighted by molar-refractivity contribution is 7.98. The molecule has 0 spiro atoms. The molecule has 6 heteroatoms. The first-order chi connectivity index (χ1) is 13.2. The monoisotopic (exact) mass is 393 g/mol. The van der Waals surface area contributed by atoms with Gasteiger partial charge in [0, 0.05) is 33.0 Å². The lowest BCUT2D eigenvalue weighted by atomic mass is 9.89. The number of benzene rings is 1. The highest BCUT2D eigenvalue weighted by Gasteiger charge is 2.23. The smallest absolute Gasteiger partial charge is 0.248 e. The average Bonchev–Trinajstić information content (AvgIpc) is 3.04. The van der Waals surface area contributed by atoms with Gasteiger partial charge in [-0.05, 0) is 42.4 Å². The van der Waals surface area contributed by atoms with Crippen molar-refractivity contribution in [1.82, 2.24) is 15.0 Å². The largest absolute Gasteiger partial charge is 0.322 e. The Balaban J connectivity index is 1.54. The summed E-state index contributed by atoms with van der Waals surface area (Å²) >= 11 is 3.53. The van der Waals surface area contributed by atoms with Crippen molar-refractivity contribution >= 4 is 44.2 Å². The summed E-state index contributed by atoms with van der Waals surface area (Å²) in [7, 11) is 0. The first-order valence-electron chi connectivity index (χ1n) is 9.18. The van der Waals surface area contributed by atoms with Crippen molar-refractivity contribution in [2.45, 2.75) is 37.0 Å². The van der Waals surface area contributed by atoms with Crippen LogP contribution in [0.3, 0.4) is 0 Å². The van der Waals surface area contributed by atoms with Crippen LogP contribution in [0.2, 0.25) is 0 Å². The van der Waals surface area contributed by atoms with Gasteiger partial charge in [-0.15, -0.1) is 23.1 Å². The second kappa shape index (κ2) is 6.77. The number of hydrogen-bond acceptors (Lipinski definition) is 5. The van der Waals surface area contributed by atoms with Crippen LogP contribution in [0.1, 0.15) is 29.3 Å². The minimum absolute atomic E-state index is 0.0564. The van der Waals surface area contributed by atoms with Crippen LogP contribution in [0.4, 0.5) is 0 Å². The van der Waals surface area contributed by atoms with Gasteiger partial charge >= 0.3 is 0 Å². The van der Waals surface area contributed by atoms with Crippen LogP contribution in [0.25, 0.3) is 21.1 Å². The molecule has 4 nitrogen and oxygen atoms in total. The number of thioether (sulfide) groups is 1. The summed E-state index contributed by atoms with van der Waals surface area (Å²) in [6.07, 6.45) is 5.17. The van der Waals surface area contributed by atoms with Crippen LogP contribution in [-0.4, -0.2) is 15.0 Å². The average molecular weight is 394 g/mol. The number of nitrogens with one attached hydrogen (secondary N) is 1. The van der Waals surface area contributed by atoms with Crippen molar-refractivity contribution < 1.29 is 0 Å². The third-order valence-corrected chi connectivity index (χ3v) is 7.46. The van der Waals surface area contributed by atoms with E-state index < -0.39 is 0 Å². The number of hydrogen-bond donors (Lipinski definition) is 1. The Morgan fingerprint density at radius 2 is 2.19 bits per heavy atom. The third kappa shape index (κ3) is 3.07. The van der Waals surface area contributed by atoms with Gasteiger partial charge in [0.05, 0.1) is 0 Å². The standard InChI is InChI=1S/C21H19N3OS2/c1-12-6-7-15-17(8-12)27-21-19(15)20(22-11-23-21)26-10-13-9-18(25)24-16-5-3-2-4-14(13)16/h2-5,9,11-12H,6-8,10H2,1H3,(H,24,25)/t12-/m1/s1. The van der Waals surface area contributed by atoms with Crippen LogP contribution >= 0.6 is 23.1 Å². The van der Waals surface area contributed by atoms with Crippen LogP contribution < -0.4 is 5.56 Å². The van der Waals surface area contributed by atoms with E-state index in [9.17, 15) is 4.79 Å². The fourth-order valence-corrected chi connectivity index (χ4v) is 6.33. The van der Waals surface area contributed by atoms with E-state index in [1.807, 2.05) is 29.5 Å². The van der Waals surface area contributed by atoms with Crippen molar-refractivity contribution in [3.8, 4) is 0 Å². The highest BCUT2D eigenvalue weighted by Crippen LogP contribution is 2.41. The summed E-state index contributed by atoms with van der Waals surface area (Å²) in [5, 5.41) is 3.37. The topological polar surface area (TPSA) is 58.6 Å². The van der Waals surface area contributed by atoms with Crippen molar-refractivity contribution in [1.29, 1.82) is 0 Å². The summed E-state index contributed by atoms with van der Waals surface area (Å²) in [6.45, 7) is 2.33. The maximum absolute atomic E-state index is 12.0. The molecule has 3 heterocycles. The molecule has 0 radical (unpaired) electrons. The van der Waals surface area contributed by atoms with Gasteiger partial charge in [-0.2, -0.15) is 0 Å². The van der Waals surface area contributed by atoms with E-state index in [-0.39, 0.29) is 5.56 Å². The fourth-order valence-electron chi connectivity index (χ4n) is 3.90. The number of aromatic nitrogens is 3. The van der Waals surface area contributed by atoms with Gasteiger partial charge in [-0.25, -0.2) is 9.97 Å². The van der Waals surface area contributed by atoms with Gasteiger partial charge < -0.3 is 4.98 Å². The van der Waals surface area contributed by atoms with Crippen molar-refractivity contribution in [2.75, 3.05) is 0 Å². The lowest BCUT2D eigenvalue weighted by Crippen LogP contribution is -2.08. The summed E-state index contributed by atoms with van der Waals surface area (Å²) in [4.78, 5) is 26.6. The minimum Gasteiger partial charge on any atom is -0.322 e. The SMILES string of the molecule is C[C@@H]1CCc2c(sc3ncnc(SCc4cc(=O)[nH]c5ccccc45)c23)C1. The summed E-state index contributed by atoms with van der Waals surface area (Å²) < 4.78 is 0. The number of fused-ring (bicyclic) bond motifs is 4. The molecule has 4 aromatic rings. The van der Waals surface area contributed by atoms with E-state index in [1.165, 1.54) is 22.2 Å². The summed E-state index contributed by atoms with van der Waals surface area (Å²) in [5.74, 6) is 1.47. The van der Waals surface area contributed by atoms with Crippen LogP contribution in [0.15, 0.2) is 46.5 Å². The molecular formula is C21H19N3OS2. The lowest BCUT2D eigenvalue weighted by Gasteiger charge is -2.18. The molecule has 1 aromatic carbocycles. The van der Waals surface area contributed by atoms with Gasteiger partial charge in [0.25, 0.3) is 0 Å². The molecule has 0 saturated carbocycles. The number of aryl methyl sites for hydroxylation is 1. The lowest BCUT2D eigenvalue weighted by molar-refractivity contribution is 0.509. The Bertz CT molecular complexity index is 1210. The Kier molecular flexibility index (Phi) is 4.25.